The van der Waals surface area contributed by atoms with Crippen molar-refractivity contribution in [2.24, 2.45) is 0 Å². The van der Waals surface area contributed by atoms with Crippen molar-refractivity contribution in [3.63, 3.8) is 0 Å². The van der Waals surface area contributed by atoms with Gasteiger partial charge in [-0.2, -0.15) is 5.10 Å². The van der Waals surface area contributed by atoms with E-state index in [-0.39, 0.29) is 5.91 Å². The van der Waals surface area contributed by atoms with Crippen molar-refractivity contribution in [1.29, 1.82) is 0 Å². The number of nitrogens with one attached hydrogen (secondary N) is 1. The number of aryl methyl sites for hydroxylation is 1. The second-order valence-electron chi connectivity index (χ2n) is 4.56. The van der Waals surface area contributed by atoms with Crippen LogP contribution in [0.25, 0.3) is 0 Å². The summed E-state index contributed by atoms with van der Waals surface area (Å²) in [6, 6.07) is 0. The summed E-state index contributed by atoms with van der Waals surface area (Å²) in [5.41, 5.74) is 1.12. The Labute approximate surface area is 122 Å². The van der Waals surface area contributed by atoms with Crippen LogP contribution in [0.2, 0.25) is 0 Å². The van der Waals surface area contributed by atoms with Gasteiger partial charge in [0.05, 0.1) is 9.77 Å². The Bertz CT molecular complexity index is 389. The molecule has 18 heavy (non-hydrogen) atoms. The van der Waals surface area contributed by atoms with E-state index in [0.717, 1.165) is 28.8 Å². The average Bonchev–Trinajstić information content (AvgIpc) is 2.63. The van der Waals surface area contributed by atoms with E-state index in [2.05, 4.69) is 37.9 Å². The van der Waals surface area contributed by atoms with E-state index in [1.54, 1.807) is 0 Å². The number of rotatable bonds is 7. The van der Waals surface area contributed by atoms with Crippen LogP contribution in [0.15, 0.2) is 6.20 Å². The molecule has 1 amide bonds. The van der Waals surface area contributed by atoms with Gasteiger partial charge in [0.25, 0.3) is 0 Å². The molecule has 0 saturated carbocycles. The molecule has 102 valence electrons. The molecule has 0 radical (unpaired) electrons. The number of amides is 1. The van der Waals surface area contributed by atoms with Gasteiger partial charge in [-0.15, -0.1) is 0 Å². The normalized spacial score (nSPS) is 10.9. The van der Waals surface area contributed by atoms with E-state index < -0.39 is 0 Å². The van der Waals surface area contributed by atoms with Crippen molar-refractivity contribution in [2.75, 3.05) is 27.2 Å². The van der Waals surface area contributed by atoms with E-state index in [4.69, 9.17) is 0 Å². The van der Waals surface area contributed by atoms with Crippen LogP contribution in [0.5, 0.6) is 0 Å². The third-order valence-corrected chi connectivity index (χ3v) is 3.76. The second kappa shape index (κ2) is 7.73. The predicted octanol–water partition coefficient (Wildman–Crippen LogP) is 1.25. The summed E-state index contributed by atoms with van der Waals surface area (Å²) in [6.07, 6.45) is 3.29. The molecule has 1 aromatic rings. The van der Waals surface area contributed by atoms with E-state index in [0.29, 0.717) is 13.0 Å². The maximum absolute atomic E-state index is 11.6. The molecule has 0 spiro atoms. The SMILES string of the molecule is Cc1c(I)cnn1CCC(=O)NCCCN(C)C. The van der Waals surface area contributed by atoms with Crippen LogP contribution in [0.3, 0.4) is 0 Å². The van der Waals surface area contributed by atoms with Crippen molar-refractivity contribution in [3.8, 4) is 0 Å². The number of halogens is 1. The summed E-state index contributed by atoms with van der Waals surface area (Å²) in [7, 11) is 4.06. The molecule has 0 saturated heterocycles. The number of hydrogen-bond donors (Lipinski definition) is 1. The zero-order chi connectivity index (χ0) is 13.5. The van der Waals surface area contributed by atoms with Gasteiger partial charge in [0.2, 0.25) is 5.91 Å². The predicted molar refractivity (Wildman–Crippen MR) is 80.5 cm³/mol. The molecule has 1 aromatic heterocycles. The van der Waals surface area contributed by atoms with E-state index in [9.17, 15) is 4.79 Å². The Morgan fingerprint density at radius 2 is 2.28 bits per heavy atom. The van der Waals surface area contributed by atoms with Gasteiger partial charge >= 0.3 is 0 Å². The van der Waals surface area contributed by atoms with Crippen LogP contribution >= 0.6 is 22.6 Å². The lowest BCUT2D eigenvalue weighted by Gasteiger charge is -2.10. The van der Waals surface area contributed by atoms with Crippen LogP contribution in [-0.2, 0) is 11.3 Å². The maximum atomic E-state index is 11.6. The van der Waals surface area contributed by atoms with Crippen LogP contribution in [0.1, 0.15) is 18.5 Å². The number of carbonyl (C=O) groups is 1. The Hall–Kier alpha value is -0.630. The minimum Gasteiger partial charge on any atom is -0.356 e. The van der Waals surface area contributed by atoms with Crippen molar-refractivity contribution in [1.82, 2.24) is 20.0 Å². The average molecular weight is 364 g/mol. The standard InChI is InChI=1S/C12H21IN4O/c1-10-11(13)9-15-17(10)8-5-12(18)14-6-4-7-16(2)3/h9H,4-8H2,1-3H3,(H,14,18). The highest BCUT2D eigenvalue weighted by molar-refractivity contribution is 14.1. The summed E-state index contributed by atoms with van der Waals surface area (Å²) < 4.78 is 3.01. The minimum atomic E-state index is 0.0960. The van der Waals surface area contributed by atoms with Crippen LogP contribution in [0, 0.1) is 10.5 Å². The lowest BCUT2D eigenvalue weighted by molar-refractivity contribution is -0.121. The zero-order valence-electron chi connectivity index (χ0n) is 11.2. The highest BCUT2D eigenvalue weighted by atomic mass is 127. The molecule has 0 atom stereocenters. The molecular weight excluding hydrogens is 343 g/mol. The Morgan fingerprint density at radius 3 is 2.83 bits per heavy atom. The fourth-order valence-electron chi connectivity index (χ4n) is 1.57. The third kappa shape index (κ3) is 5.34. The van der Waals surface area contributed by atoms with E-state index in [1.165, 1.54) is 0 Å². The number of carbonyl (C=O) groups excluding carboxylic acids is 1. The first-order valence-electron chi connectivity index (χ1n) is 6.10. The summed E-state index contributed by atoms with van der Waals surface area (Å²) in [5, 5.41) is 7.16. The number of hydrogen-bond acceptors (Lipinski definition) is 3. The van der Waals surface area contributed by atoms with Crippen molar-refractivity contribution in [3.05, 3.63) is 15.5 Å². The Kier molecular flexibility index (Phi) is 6.62. The highest BCUT2D eigenvalue weighted by Crippen LogP contribution is 2.09. The molecule has 1 N–H and O–H groups in total. The molecular formula is C12H21IN4O. The Morgan fingerprint density at radius 1 is 1.56 bits per heavy atom. The Balaban J connectivity index is 2.19. The molecule has 6 heteroatoms. The largest absolute Gasteiger partial charge is 0.356 e. The third-order valence-electron chi connectivity index (χ3n) is 2.70. The van der Waals surface area contributed by atoms with Crippen molar-refractivity contribution >= 4 is 28.5 Å². The molecule has 0 fully saturated rings. The fourth-order valence-corrected chi connectivity index (χ4v) is 1.97. The van der Waals surface area contributed by atoms with E-state index >= 15 is 0 Å². The van der Waals surface area contributed by atoms with Gasteiger partial charge in [-0.3, -0.25) is 9.48 Å². The second-order valence-corrected chi connectivity index (χ2v) is 5.72. The fraction of sp³-hybridized carbons (Fsp3) is 0.667. The summed E-state index contributed by atoms with van der Waals surface area (Å²) in [6.45, 7) is 4.40. The van der Waals surface area contributed by atoms with Crippen molar-refractivity contribution in [2.45, 2.75) is 26.3 Å². The van der Waals surface area contributed by atoms with Crippen molar-refractivity contribution < 1.29 is 4.79 Å². The first-order valence-corrected chi connectivity index (χ1v) is 7.18. The van der Waals surface area contributed by atoms with E-state index in [1.807, 2.05) is 31.9 Å². The van der Waals surface area contributed by atoms with Crippen LogP contribution < -0.4 is 5.32 Å². The maximum Gasteiger partial charge on any atom is 0.221 e. The molecule has 0 bridgehead atoms. The first-order chi connectivity index (χ1) is 8.50. The summed E-state index contributed by atoms with van der Waals surface area (Å²) in [5.74, 6) is 0.0960. The highest BCUT2D eigenvalue weighted by Gasteiger charge is 2.06. The van der Waals surface area contributed by atoms with Gasteiger partial charge in [0.1, 0.15) is 0 Å². The molecule has 0 aliphatic rings. The molecule has 0 aliphatic heterocycles. The van der Waals surface area contributed by atoms with Gasteiger partial charge in [-0.25, -0.2) is 0 Å². The topological polar surface area (TPSA) is 50.2 Å². The van der Waals surface area contributed by atoms with Crippen LogP contribution in [0.4, 0.5) is 0 Å². The smallest absolute Gasteiger partial charge is 0.221 e. The number of nitrogens with zero attached hydrogens (tertiary/aromatic N) is 3. The molecule has 0 aliphatic carbocycles. The molecule has 0 aromatic carbocycles. The monoisotopic (exact) mass is 364 g/mol. The molecule has 0 unspecified atom stereocenters. The van der Waals surface area contributed by atoms with Gasteiger partial charge in [0, 0.05) is 25.2 Å². The lowest BCUT2D eigenvalue weighted by atomic mass is 10.3. The van der Waals surface area contributed by atoms with Gasteiger partial charge in [0.15, 0.2) is 0 Å². The van der Waals surface area contributed by atoms with Gasteiger partial charge in [-0.05, 0) is 56.6 Å². The van der Waals surface area contributed by atoms with Crippen LogP contribution in [-0.4, -0.2) is 47.8 Å². The number of aromatic nitrogens is 2. The first kappa shape index (κ1) is 15.4. The van der Waals surface area contributed by atoms with Gasteiger partial charge < -0.3 is 10.2 Å². The summed E-state index contributed by atoms with van der Waals surface area (Å²) in [4.78, 5) is 13.7. The summed E-state index contributed by atoms with van der Waals surface area (Å²) >= 11 is 2.25. The zero-order valence-corrected chi connectivity index (χ0v) is 13.4. The molecule has 1 rings (SSSR count). The quantitative estimate of drug-likeness (QED) is 0.585. The lowest BCUT2D eigenvalue weighted by Crippen LogP contribution is -2.28. The minimum absolute atomic E-state index is 0.0960. The van der Waals surface area contributed by atoms with Gasteiger partial charge in [-0.1, -0.05) is 0 Å². The molecule has 1 heterocycles. The molecule has 5 nitrogen and oxygen atoms in total.